The van der Waals surface area contributed by atoms with Crippen LogP contribution in [0, 0.1) is 23.2 Å². The molecule has 5 rings (SSSR count). The van der Waals surface area contributed by atoms with Crippen LogP contribution in [0.1, 0.15) is 44.2 Å². The van der Waals surface area contributed by atoms with Crippen LogP contribution in [0.2, 0.25) is 0 Å². The molecule has 4 fully saturated rings. The number of rotatable bonds is 3. The molecule has 4 bridgehead atoms. The van der Waals surface area contributed by atoms with Crippen molar-refractivity contribution in [2.75, 3.05) is 0 Å². The Morgan fingerprint density at radius 1 is 1.20 bits per heavy atom. The predicted octanol–water partition coefficient (Wildman–Crippen LogP) is 2.50. The van der Waals surface area contributed by atoms with E-state index in [-0.39, 0.29) is 0 Å². The van der Waals surface area contributed by atoms with Gasteiger partial charge in [-0.15, -0.1) is 0 Å². The molecule has 4 aliphatic rings. The lowest BCUT2D eigenvalue weighted by Crippen LogP contribution is -2.60. The summed E-state index contributed by atoms with van der Waals surface area (Å²) in [5.74, 6) is 0.744. The third-order valence-electron chi connectivity index (χ3n) is 6.10. The predicted molar refractivity (Wildman–Crippen MR) is 72.9 cm³/mol. The number of H-pyrrole nitrogens is 1. The Hall–Kier alpha value is -1.29. The lowest BCUT2D eigenvalue weighted by molar-refractivity contribution is -0.209. The zero-order valence-corrected chi connectivity index (χ0v) is 11.5. The van der Waals surface area contributed by atoms with Crippen molar-refractivity contribution >= 4 is 5.97 Å². The topological polar surface area (TPSA) is 73.3 Å². The monoisotopic (exact) mass is 275 g/mol. The fourth-order valence-corrected chi connectivity index (χ4v) is 5.74. The number of carbonyl (C=O) groups is 1. The second-order valence-corrected chi connectivity index (χ2v) is 7.30. The van der Waals surface area contributed by atoms with E-state index in [0.717, 1.165) is 19.3 Å². The van der Waals surface area contributed by atoms with E-state index in [4.69, 9.17) is 0 Å². The van der Waals surface area contributed by atoms with Gasteiger partial charge in [-0.3, -0.25) is 0 Å². The molecule has 0 radical (unpaired) electrons. The first-order valence-electron chi connectivity index (χ1n) is 7.63. The second kappa shape index (κ2) is 3.88. The van der Waals surface area contributed by atoms with Crippen LogP contribution < -0.4 is 0 Å². The van der Waals surface area contributed by atoms with Crippen molar-refractivity contribution in [1.29, 1.82) is 0 Å². The van der Waals surface area contributed by atoms with Gasteiger partial charge < -0.3 is 15.2 Å². The molecule has 4 saturated carbocycles. The highest BCUT2D eigenvalue weighted by Crippen LogP contribution is 2.65. The van der Waals surface area contributed by atoms with E-state index in [0.29, 0.717) is 23.4 Å². The summed E-state index contributed by atoms with van der Waals surface area (Å²) in [5, 5.41) is 21.0. The Kier molecular flexibility index (Phi) is 2.41. The van der Waals surface area contributed by atoms with E-state index in [1.54, 1.807) is 18.3 Å². The van der Waals surface area contributed by atoms with Crippen molar-refractivity contribution in [2.45, 2.75) is 44.1 Å². The molecule has 0 saturated heterocycles. The maximum Gasteiger partial charge on any atom is 0.342 e. The molecule has 108 valence electrons. The molecule has 4 heteroatoms. The number of carboxylic acid groups (broad SMARTS) is 1. The molecule has 1 heterocycles. The van der Waals surface area contributed by atoms with E-state index >= 15 is 0 Å². The highest BCUT2D eigenvalue weighted by Gasteiger charge is 2.64. The number of hydrogen-bond acceptors (Lipinski definition) is 2. The molecule has 1 atom stereocenters. The molecule has 1 aromatic heterocycles. The first kappa shape index (κ1) is 12.5. The van der Waals surface area contributed by atoms with Crippen molar-refractivity contribution in [1.82, 2.24) is 4.98 Å². The molecular formula is C16H21NO3. The number of carboxylic acids is 1. The fourth-order valence-electron chi connectivity index (χ4n) is 5.74. The van der Waals surface area contributed by atoms with Crippen LogP contribution in [0.25, 0.3) is 0 Å². The standard InChI is InChI=1S/C16H21NO3/c18-14(19)16(20,13-2-1-3-17-13)15-7-10-4-11(8-15)6-12(5-10)9-15/h1-3,10-12,17,20H,4-9H2,(H,18,19). The Balaban J connectivity index is 1.83. The van der Waals surface area contributed by atoms with Gasteiger partial charge in [0.05, 0.1) is 5.69 Å². The van der Waals surface area contributed by atoms with Gasteiger partial charge in [0.1, 0.15) is 0 Å². The minimum Gasteiger partial charge on any atom is -0.479 e. The van der Waals surface area contributed by atoms with Gasteiger partial charge in [-0.05, 0) is 68.4 Å². The number of aliphatic hydroxyl groups is 1. The van der Waals surface area contributed by atoms with Crippen molar-refractivity contribution < 1.29 is 15.0 Å². The summed E-state index contributed by atoms with van der Waals surface area (Å²) < 4.78 is 0. The van der Waals surface area contributed by atoms with Crippen molar-refractivity contribution in [3.05, 3.63) is 24.0 Å². The van der Waals surface area contributed by atoms with Crippen molar-refractivity contribution in [3.63, 3.8) is 0 Å². The van der Waals surface area contributed by atoms with Gasteiger partial charge in [-0.2, -0.15) is 0 Å². The van der Waals surface area contributed by atoms with E-state index in [1.807, 2.05) is 0 Å². The highest BCUT2D eigenvalue weighted by atomic mass is 16.4. The van der Waals surface area contributed by atoms with Gasteiger partial charge in [-0.1, -0.05) is 0 Å². The van der Waals surface area contributed by atoms with Gasteiger partial charge in [-0.25, -0.2) is 4.79 Å². The third-order valence-corrected chi connectivity index (χ3v) is 6.10. The summed E-state index contributed by atoms with van der Waals surface area (Å²) in [6.07, 6.45) is 7.99. The van der Waals surface area contributed by atoms with Crippen LogP contribution in [0.5, 0.6) is 0 Å². The van der Waals surface area contributed by atoms with Gasteiger partial charge in [0.2, 0.25) is 5.60 Å². The lowest BCUT2D eigenvalue weighted by atomic mass is 9.45. The molecule has 1 aromatic rings. The zero-order valence-electron chi connectivity index (χ0n) is 11.5. The van der Waals surface area contributed by atoms with Crippen LogP contribution in [-0.2, 0) is 10.4 Å². The molecule has 0 amide bonds. The molecule has 0 spiro atoms. The Bertz CT molecular complexity index is 501. The SMILES string of the molecule is O=C(O)C(O)(c1ccc[nH]1)C12CC3CC(CC(C3)C1)C2. The van der Waals surface area contributed by atoms with Gasteiger partial charge in [0.25, 0.3) is 0 Å². The smallest absolute Gasteiger partial charge is 0.342 e. The molecule has 20 heavy (non-hydrogen) atoms. The van der Waals surface area contributed by atoms with Crippen molar-refractivity contribution in [3.8, 4) is 0 Å². The zero-order chi connectivity index (χ0) is 14.0. The molecule has 3 N–H and O–H groups in total. The van der Waals surface area contributed by atoms with Gasteiger partial charge in [0, 0.05) is 11.6 Å². The minimum atomic E-state index is -1.76. The summed E-state index contributed by atoms with van der Waals surface area (Å²) in [6, 6.07) is 3.48. The summed E-state index contributed by atoms with van der Waals surface area (Å²) in [7, 11) is 0. The number of aliphatic carboxylic acids is 1. The van der Waals surface area contributed by atoms with Gasteiger partial charge in [0.15, 0.2) is 0 Å². The maximum absolute atomic E-state index is 12.0. The van der Waals surface area contributed by atoms with Gasteiger partial charge >= 0.3 is 5.97 Å². The largest absolute Gasteiger partial charge is 0.479 e. The fraction of sp³-hybridized carbons (Fsp3) is 0.688. The van der Waals surface area contributed by atoms with Crippen LogP contribution in [-0.4, -0.2) is 21.2 Å². The third kappa shape index (κ3) is 1.43. The maximum atomic E-state index is 12.0. The van der Waals surface area contributed by atoms with Crippen LogP contribution >= 0.6 is 0 Å². The van der Waals surface area contributed by atoms with E-state index < -0.39 is 17.0 Å². The molecule has 4 nitrogen and oxygen atoms in total. The second-order valence-electron chi connectivity index (χ2n) is 7.30. The Morgan fingerprint density at radius 3 is 2.15 bits per heavy atom. The minimum absolute atomic E-state index is 0.451. The van der Waals surface area contributed by atoms with Crippen molar-refractivity contribution in [2.24, 2.45) is 23.2 Å². The van der Waals surface area contributed by atoms with E-state index in [2.05, 4.69) is 4.98 Å². The van der Waals surface area contributed by atoms with Crippen LogP contribution in [0.4, 0.5) is 0 Å². The first-order valence-corrected chi connectivity index (χ1v) is 7.63. The first-order chi connectivity index (χ1) is 9.53. The quantitative estimate of drug-likeness (QED) is 0.793. The number of nitrogens with one attached hydrogen (secondary N) is 1. The Labute approximate surface area is 118 Å². The highest BCUT2D eigenvalue weighted by molar-refractivity contribution is 5.80. The summed E-state index contributed by atoms with van der Waals surface area (Å²) in [5.41, 5.74) is -1.78. The normalized spacial score (nSPS) is 41.5. The number of hydrogen-bond donors (Lipinski definition) is 3. The average molecular weight is 275 g/mol. The van der Waals surface area contributed by atoms with E-state index in [1.165, 1.54) is 19.3 Å². The molecule has 1 unspecified atom stereocenters. The molecule has 0 aliphatic heterocycles. The number of aromatic nitrogens is 1. The lowest BCUT2D eigenvalue weighted by Gasteiger charge is -2.60. The summed E-state index contributed by atoms with van der Waals surface area (Å²) >= 11 is 0. The van der Waals surface area contributed by atoms with Crippen LogP contribution in [0.15, 0.2) is 18.3 Å². The molecule has 0 aromatic carbocycles. The van der Waals surface area contributed by atoms with E-state index in [9.17, 15) is 15.0 Å². The Morgan fingerprint density at radius 2 is 1.75 bits per heavy atom. The van der Waals surface area contributed by atoms with Crippen LogP contribution in [0.3, 0.4) is 0 Å². The number of aromatic amines is 1. The average Bonchev–Trinajstić information content (AvgIpc) is 2.89. The summed E-state index contributed by atoms with van der Waals surface area (Å²) in [6.45, 7) is 0. The molecule has 4 aliphatic carbocycles. The molecular weight excluding hydrogens is 254 g/mol. The summed E-state index contributed by atoms with van der Waals surface area (Å²) in [4.78, 5) is 14.9.